The average molecular weight is 248 g/mol. The van der Waals surface area contributed by atoms with E-state index in [0.717, 1.165) is 35.6 Å². The highest BCUT2D eigenvalue weighted by atomic mass is 16.5. The van der Waals surface area contributed by atoms with E-state index in [2.05, 4.69) is 5.16 Å². The van der Waals surface area contributed by atoms with Gasteiger partial charge in [0.1, 0.15) is 11.5 Å². The predicted molar refractivity (Wildman–Crippen MR) is 67.9 cm³/mol. The van der Waals surface area contributed by atoms with Crippen molar-refractivity contribution in [2.24, 2.45) is 0 Å². The molecular formula is C13H16N2O3. The predicted octanol–water partition coefficient (Wildman–Crippen LogP) is 2.06. The van der Waals surface area contributed by atoms with Crippen LogP contribution < -0.4 is 15.2 Å². The molecule has 1 heterocycles. The molecule has 1 aromatic carbocycles. The molecule has 2 N–H and O–H groups in total. The maximum Gasteiger partial charge on any atom is 0.222 e. The summed E-state index contributed by atoms with van der Waals surface area (Å²) >= 11 is 0. The summed E-state index contributed by atoms with van der Waals surface area (Å²) in [6.07, 6.45) is 1.56. The zero-order valence-corrected chi connectivity index (χ0v) is 10.5. The SMILES string of the molecule is COc1ccc(CCc2cc(N)on2)c(OC)c1. The van der Waals surface area contributed by atoms with Crippen LogP contribution in [0.2, 0.25) is 0 Å². The van der Waals surface area contributed by atoms with Gasteiger partial charge in [0.05, 0.1) is 19.9 Å². The largest absolute Gasteiger partial charge is 0.497 e. The van der Waals surface area contributed by atoms with Gasteiger partial charge >= 0.3 is 0 Å². The van der Waals surface area contributed by atoms with Crippen LogP contribution in [0.5, 0.6) is 11.5 Å². The van der Waals surface area contributed by atoms with Crippen LogP contribution in [0.1, 0.15) is 11.3 Å². The molecule has 0 unspecified atom stereocenters. The van der Waals surface area contributed by atoms with Gasteiger partial charge in [-0.3, -0.25) is 0 Å². The van der Waals surface area contributed by atoms with Gasteiger partial charge in [-0.05, 0) is 24.5 Å². The Balaban J connectivity index is 2.08. The summed E-state index contributed by atoms with van der Waals surface area (Å²) in [5.74, 6) is 1.93. The summed E-state index contributed by atoms with van der Waals surface area (Å²) in [5.41, 5.74) is 7.41. The van der Waals surface area contributed by atoms with Crippen molar-refractivity contribution in [3.63, 3.8) is 0 Å². The van der Waals surface area contributed by atoms with E-state index in [1.54, 1.807) is 20.3 Å². The number of nitrogens with two attached hydrogens (primary N) is 1. The van der Waals surface area contributed by atoms with Crippen molar-refractivity contribution < 1.29 is 14.0 Å². The summed E-state index contributed by atoms with van der Waals surface area (Å²) in [6.45, 7) is 0. The number of nitrogen functional groups attached to an aromatic ring is 1. The third-order valence-electron chi connectivity index (χ3n) is 2.72. The van der Waals surface area contributed by atoms with E-state index in [1.807, 2.05) is 18.2 Å². The molecule has 0 saturated heterocycles. The fraction of sp³-hybridized carbons (Fsp3) is 0.308. The van der Waals surface area contributed by atoms with E-state index in [9.17, 15) is 0 Å². The Bertz CT molecular complexity index is 523. The van der Waals surface area contributed by atoms with Gasteiger partial charge in [0.25, 0.3) is 0 Å². The maximum atomic E-state index is 5.47. The highest BCUT2D eigenvalue weighted by Crippen LogP contribution is 2.25. The molecule has 0 saturated carbocycles. The summed E-state index contributed by atoms with van der Waals surface area (Å²) in [6, 6.07) is 7.50. The Morgan fingerprint density at radius 1 is 1.17 bits per heavy atom. The standard InChI is InChI=1S/C13H16N2O3/c1-16-11-6-4-9(12(8-11)17-2)3-5-10-7-13(14)18-15-10/h4,6-8H,3,5,14H2,1-2H3. The van der Waals surface area contributed by atoms with Crippen molar-refractivity contribution >= 4 is 5.88 Å². The average Bonchev–Trinajstić information content (AvgIpc) is 2.82. The lowest BCUT2D eigenvalue weighted by molar-refractivity contribution is 0.390. The number of aryl methyl sites for hydroxylation is 2. The first kappa shape index (κ1) is 12.3. The van der Waals surface area contributed by atoms with E-state index in [4.69, 9.17) is 19.7 Å². The second kappa shape index (κ2) is 5.44. The van der Waals surface area contributed by atoms with Gasteiger partial charge in [-0.25, -0.2) is 0 Å². The molecule has 0 aliphatic heterocycles. The molecule has 0 bridgehead atoms. The van der Waals surface area contributed by atoms with Crippen molar-refractivity contribution in [3.05, 3.63) is 35.5 Å². The smallest absolute Gasteiger partial charge is 0.222 e. The molecule has 0 spiro atoms. The van der Waals surface area contributed by atoms with Gasteiger partial charge in [0.2, 0.25) is 5.88 Å². The lowest BCUT2D eigenvalue weighted by atomic mass is 10.1. The lowest BCUT2D eigenvalue weighted by Crippen LogP contribution is -1.96. The maximum absolute atomic E-state index is 5.47. The highest BCUT2D eigenvalue weighted by Gasteiger charge is 2.07. The minimum atomic E-state index is 0.340. The van der Waals surface area contributed by atoms with Crippen molar-refractivity contribution in [2.45, 2.75) is 12.8 Å². The fourth-order valence-electron chi connectivity index (χ4n) is 1.77. The van der Waals surface area contributed by atoms with Crippen molar-refractivity contribution in [1.82, 2.24) is 5.16 Å². The topological polar surface area (TPSA) is 70.5 Å². The summed E-state index contributed by atoms with van der Waals surface area (Å²) in [5, 5.41) is 3.85. The summed E-state index contributed by atoms with van der Waals surface area (Å²) in [7, 11) is 3.28. The number of aromatic nitrogens is 1. The van der Waals surface area contributed by atoms with Gasteiger partial charge in [-0.15, -0.1) is 0 Å². The Kier molecular flexibility index (Phi) is 3.72. The van der Waals surface area contributed by atoms with Crippen LogP contribution in [-0.4, -0.2) is 19.4 Å². The molecule has 18 heavy (non-hydrogen) atoms. The normalized spacial score (nSPS) is 10.3. The minimum Gasteiger partial charge on any atom is -0.497 e. The Morgan fingerprint density at radius 3 is 2.61 bits per heavy atom. The number of methoxy groups -OCH3 is 2. The first-order chi connectivity index (χ1) is 8.72. The molecule has 0 fully saturated rings. The minimum absolute atomic E-state index is 0.340. The number of anilines is 1. The Morgan fingerprint density at radius 2 is 2.00 bits per heavy atom. The fourth-order valence-corrected chi connectivity index (χ4v) is 1.77. The summed E-state index contributed by atoms with van der Waals surface area (Å²) in [4.78, 5) is 0. The Hall–Kier alpha value is -2.17. The first-order valence-corrected chi connectivity index (χ1v) is 5.65. The first-order valence-electron chi connectivity index (χ1n) is 5.65. The van der Waals surface area contributed by atoms with E-state index >= 15 is 0 Å². The van der Waals surface area contributed by atoms with Gasteiger partial charge in [0, 0.05) is 12.1 Å². The van der Waals surface area contributed by atoms with Gasteiger partial charge < -0.3 is 19.7 Å². The quantitative estimate of drug-likeness (QED) is 0.877. The third kappa shape index (κ3) is 2.74. The number of hydrogen-bond donors (Lipinski definition) is 1. The zero-order valence-electron chi connectivity index (χ0n) is 10.5. The molecule has 0 atom stereocenters. The number of nitrogens with zero attached hydrogens (tertiary/aromatic N) is 1. The Labute approximate surface area is 105 Å². The van der Waals surface area contributed by atoms with E-state index < -0.39 is 0 Å². The van der Waals surface area contributed by atoms with Crippen molar-refractivity contribution in [2.75, 3.05) is 20.0 Å². The zero-order chi connectivity index (χ0) is 13.0. The van der Waals surface area contributed by atoms with Crippen LogP contribution in [-0.2, 0) is 12.8 Å². The molecule has 2 rings (SSSR count). The van der Waals surface area contributed by atoms with Crippen LogP contribution in [0.25, 0.3) is 0 Å². The highest BCUT2D eigenvalue weighted by molar-refractivity contribution is 5.41. The molecule has 5 heteroatoms. The molecule has 96 valence electrons. The van der Waals surface area contributed by atoms with E-state index in [-0.39, 0.29) is 0 Å². The summed E-state index contributed by atoms with van der Waals surface area (Å²) < 4.78 is 15.3. The number of benzene rings is 1. The van der Waals surface area contributed by atoms with Gasteiger partial charge in [-0.1, -0.05) is 11.2 Å². The number of rotatable bonds is 5. The van der Waals surface area contributed by atoms with E-state index in [0.29, 0.717) is 5.88 Å². The van der Waals surface area contributed by atoms with Crippen LogP contribution >= 0.6 is 0 Å². The van der Waals surface area contributed by atoms with Crippen molar-refractivity contribution in [3.8, 4) is 11.5 Å². The molecular weight excluding hydrogens is 232 g/mol. The molecule has 1 aromatic heterocycles. The molecule has 0 amide bonds. The molecule has 0 aliphatic carbocycles. The molecule has 5 nitrogen and oxygen atoms in total. The molecule has 2 aromatic rings. The van der Waals surface area contributed by atoms with Gasteiger partial charge in [0.15, 0.2) is 0 Å². The third-order valence-corrected chi connectivity index (χ3v) is 2.72. The number of hydrogen-bond acceptors (Lipinski definition) is 5. The monoisotopic (exact) mass is 248 g/mol. The van der Waals surface area contributed by atoms with Crippen LogP contribution in [0, 0.1) is 0 Å². The lowest BCUT2D eigenvalue weighted by Gasteiger charge is -2.09. The van der Waals surface area contributed by atoms with Gasteiger partial charge in [-0.2, -0.15) is 0 Å². The molecule has 0 aliphatic rings. The van der Waals surface area contributed by atoms with Crippen molar-refractivity contribution in [1.29, 1.82) is 0 Å². The molecule has 0 radical (unpaired) electrons. The van der Waals surface area contributed by atoms with E-state index in [1.165, 1.54) is 0 Å². The van der Waals surface area contributed by atoms with Crippen LogP contribution in [0.3, 0.4) is 0 Å². The second-order valence-electron chi connectivity index (χ2n) is 3.90. The van der Waals surface area contributed by atoms with Crippen LogP contribution in [0.15, 0.2) is 28.8 Å². The van der Waals surface area contributed by atoms with Crippen LogP contribution in [0.4, 0.5) is 5.88 Å². The second-order valence-corrected chi connectivity index (χ2v) is 3.90. The number of ether oxygens (including phenoxy) is 2.